The van der Waals surface area contributed by atoms with Crippen LogP contribution in [0.25, 0.3) is 10.9 Å². The number of nitrogens with zero attached hydrogens (tertiary/aromatic N) is 4. The van der Waals surface area contributed by atoms with Crippen molar-refractivity contribution in [1.82, 2.24) is 19.7 Å². The van der Waals surface area contributed by atoms with E-state index in [9.17, 15) is 17.6 Å². The van der Waals surface area contributed by atoms with E-state index in [4.69, 9.17) is 0 Å². The van der Waals surface area contributed by atoms with Crippen LogP contribution in [0.1, 0.15) is 23.8 Å². The summed E-state index contributed by atoms with van der Waals surface area (Å²) in [4.78, 5) is 3.46. The molecule has 1 aromatic carbocycles. The SMILES string of the molecule is Fc1cc(Br)cc2c(NCc3nnc4n3CCC4)cc(C(F)(F)F)nc12. The number of aryl methyl sites for hydroxylation is 1. The highest BCUT2D eigenvalue weighted by Crippen LogP contribution is 2.35. The van der Waals surface area contributed by atoms with E-state index in [2.05, 4.69) is 36.4 Å². The quantitative estimate of drug-likeness (QED) is 0.630. The normalized spacial score (nSPS) is 14.0. The Labute approximate surface area is 153 Å². The van der Waals surface area contributed by atoms with Crippen LogP contribution in [-0.2, 0) is 25.7 Å². The van der Waals surface area contributed by atoms with Crippen LogP contribution in [0.5, 0.6) is 0 Å². The Bertz CT molecular complexity index is 998. The predicted molar refractivity (Wildman–Crippen MR) is 90.1 cm³/mol. The van der Waals surface area contributed by atoms with E-state index in [1.54, 1.807) is 0 Å². The number of hydrogen-bond acceptors (Lipinski definition) is 4. The molecule has 0 radical (unpaired) electrons. The zero-order chi connectivity index (χ0) is 18.5. The highest BCUT2D eigenvalue weighted by atomic mass is 79.9. The predicted octanol–water partition coefficient (Wildman–Crippen LogP) is 4.31. The molecule has 10 heteroatoms. The molecule has 2 aromatic heterocycles. The van der Waals surface area contributed by atoms with Crippen molar-refractivity contribution < 1.29 is 17.6 Å². The third kappa shape index (κ3) is 3.02. The molecule has 1 aliphatic heterocycles. The minimum Gasteiger partial charge on any atom is -0.377 e. The van der Waals surface area contributed by atoms with Gasteiger partial charge in [0.05, 0.1) is 6.54 Å². The van der Waals surface area contributed by atoms with Crippen LogP contribution in [0.2, 0.25) is 0 Å². The average Bonchev–Trinajstić information content (AvgIpc) is 3.15. The summed E-state index contributed by atoms with van der Waals surface area (Å²) in [5.74, 6) is 0.671. The largest absolute Gasteiger partial charge is 0.433 e. The molecule has 0 amide bonds. The molecule has 0 saturated carbocycles. The molecule has 4 rings (SSSR count). The van der Waals surface area contributed by atoms with Gasteiger partial charge in [-0.15, -0.1) is 10.2 Å². The fourth-order valence-electron chi connectivity index (χ4n) is 3.06. The van der Waals surface area contributed by atoms with E-state index >= 15 is 0 Å². The van der Waals surface area contributed by atoms with Crippen LogP contribution in [-0.4, -0.2) is 19.7 Å². The van der Waals surface area contributed by atoms with E-state index in [0.29, 0.717) is 10.3 Å². The minimum atomic E-state index is -4.68. The molecule has 0 fully saturated rings. The van der Waals surface area contributed by atoms with Gasteiger partial charge in [-0.05, 0) is 24.6 Å². The van der Waals surface area contributed by atoms with Gasteiger partial charge in [-0.2, -0.15) is 13.2 Å². The van der Waals surface area contributed by atoms with Gasteiger partial charge in [-0.3, -0.25) is 0 Å². The lowest BCUT2D eigenvalue weighted by atomic mass is 10.1. The Morgan fingerprint density at radius 1 is 1.19 bits per heavy atom. The van der Waals surface area contributed by atoms with Gasteiger partial charge in [-0.1, -0.05) is 15.9 Å². The molecule has 1 aliphatic rings. The third-order valence-electron chi connectivity index (χ3n) is 4.25. The van der Waals surface area contributed by atoms with Gasteiger partial charge < -0.3 is 9.88 Å². The minimum absolute atomic E-state index is 0.137. The molecule has 0 aliphatic carbocycles. The number of anilines is 1. The third-order valence-corrected chi connectivity index (χ3v) is 4.70. The van der Waals surface area contributed by atoms with Gasteiger partial charge in [-0.25, -0.2) is 9.37 Å². The van der Waals surface area contributed by atoms with E-state index in [0.717, 1.165) is 37.3 Å². The van der Waals surface area contributed by atoms with Crippen molar-refractivity contribution in [2.24, 2.45) is 0 Å². The first-order chi connectivity index (χ1) is 12.3. The van der Waals surface area contributed by atoms with E-state index in [-0.39, 0.29) is 23.1 Å². The summed E-state index contributed by atoms with van der Waals surface area (Å²) in [6, 6.07) is 3.50. The van der Waals surface area contributed by atoms with Crippen LogP contribution in [0.15, 0.2) is 22.7 Å². The maximum Gasteiger partial charge on any atom is 0.433 e. The van der Waals surface area contributed by atoms with Crippen LogP contribution in [0.4, 0.5) is 23.2 Å². The Kier molecular flexibility index (Phi) is 4.09. The van der Waals surface area contributed by atoms with Gasteiger partial charge in [0.2, 0.25) is 0 Å². The number of benzene rings is 1. The van der Waals surface area contributed by atoms with Crippen molar-refractivity contribution in [2.45, 2.75) is 32.1 Å². The van der Waals surface area contributed by atoms with E-state index < -0.39 is 17.7 Å². The topological polar surface area (TPSA) is 55.6 Å². The standard InChI is InChI=1S/C16H12BrF4N5/c17-8-4-9-11(22-7-14-25-24-13-2-1-3-26(13)14)6-12(16(19,20)21)23-15(9)10(18)5-8/h4-6H,1-3,7H2,(H,22,23). The van der Waals surface area contributed by atoms with E-state index in [1.165, 1.54) is 6.07 Å². The summed E-state index contributed by atoms with van der Waals surface area (Å²) in [5.41, 5.74) is -1.35. The van der Waals surface area contributed by atoms with Crippen LogP contribution in [0, 0.1) is 5.82 Å². The molecule has 0 atom stereocenters. The fourth-order valence-corrected chi connectivity index (χ4v) is 3.49. The molecule has 26 heavy (non-hydrogen) atoms. The maximum absolute atomic E-state index is 14.2. The fraction of sp³-hybridized carbons (Fsp3) is 0.312. The van der Waals surface area contributed by atoms with Gasteiger partial charge in [0, 0.05) is 28.5 Å². The van der Waals surface area contributed by atoms with Crippen LogP contribution < -0.4 is 5.32 Å². The lowest BCUT2D eigenvalue weighted by Crippen LogP contribution is -2.12. The number of pyridine rings is 1. The smallest absolute Gasteiger partial charge is 0.377 e. The number of fused-ring (bicyclic) bond motifs is 2. The lowest BCUT2D eigenvalue weighted by molar-refractivity contribution is -0.140. The summed E-state index contributed by atoms with van der Waals surface area (Å²) in [6.07, 6.45) is -2.88. The van der Waals surface area contributed by atoms with Crippen molar-refractivity contribution in [2.75, 3.05) is 5.32 Å². The van der Waals surface area contributed by atoms with Gasteiger partial charge in [0.15, 0.2) is 11.6 Å². The summed E-state index contributed by atoms with van der Waals surface area (Å²) in [6.45, 7) is 0.960. The van der Waals surface area contributed by atoms with Gasteiger partial charge in [0.25, 0.3) is 0 Å². The second-order valence-corrected chi connectivity index (χ2v) is 6.89. The van der Waals surface area contributed by atoms with Crippen molar-refractivity contribution in [1.29, 1.82) is 0 Å². The van der Waals surface area contributed by atoms with Gasteiger partial charge >= 0.3 is 6.18 Å². The Hall–Kier alpha value is -2.23. The van der Waals surface area contributed by atoms with Crippen LogP contribution >= 0.6 is 15.9 Å². The number of rotatable bonds is 3. The van der Waals surface area contributed by atoms with Crippen molar-refractivity contribution in [3.8, 4) is 0 Å². The Balaban J connectivity index is 1.76. The van der Waals surface area contributed by atoms with Crippen molar-refractivity contribution in [3.05, 3.63) is 45.8 Å². The highest BCUT2D eigenvalue weighted by Gasteiger charge is 2.34. The molecular weight excluding hydrogens is 418 g/mol. The molecule has 1 N–H and O–H groups in total. The maximum atomic E-state index is 14.2. The number of aromatic nitrogens is 4. The summed E-state index contributed by atoms with van der Waals surface area (Å²) < 4.78 is 56.0. The molecular formula is C16H12BrF4N5. The Morgan fingerprint density at radius 3 is 2.77 bits per heavy atom. The second kappa shape index (κ2) is 6.19. The zero-order valence-electron chi connectivity index (χ0n) is 13.2. The molecule has 0 spiro atoms. The highest BCUT2D eigenvalue weighted by molar-refractivity contribution is 9.10. The number of nitrogens with one attached hydrogen (secondary N) is 1. The Morgan fingerprint density at radius 2 is 2.00 bits per heavy atom. The molecule has 136 valence electrons. The lowest BCUT2D eigenvalue weighted by Gasteiger charge is -2.14. The van der Waals surface area contributed by atoms with E-state index in [1.807, 2.05) is 4.57 Å². The average molecular weight is 430 g/mol. The molecule has 0 saturated heterocycles. The molecule has 3 heterocycles. The molecule has 5 nitrogen and oxygen atoms in total. The first kappa shape index (κ1) is 17.2. The van der Waals surface area contributed by atoms with Crippen molar-refractivity contribution in [3.63, 3.8) is 0 Å². The molecule has 3 aromatic rings. The monoisotopic (exact) mass is 429 g/mol. The number of halogens is 5. The summed E-state index contributed by atoms with van der Waals surface area (Å²) in [5, 5.41) is 11.3. The summed E-state index contributed by atoms with van der Waals surface area (Å²) in [7, 11) is 0. The molecule has 0 unspecified atom stereocenters. The van der Waals surface area contributed by atoms with Crippen molar-refractivity contribution >= 4 is 32.5 Å². The molecule has 0 bridgehead atoms. The first-order valence-electron chi connectivity index (χ1n) is 7.85. The zero-order valence-corrected chi connectivity index (χ0v) is 14.8. The second-order valence-electron chi connectivity index (χ2n) is 5.98. The number of alkyl halides is 3. The van der Waals surface area contributed by atoms with Gasteiger partial charge in [0.1, 0.15) is 17.0 Å². The van der Waals surface area contributed by atoms with Crippen LogP contribution in [0.3, 0.4) is 0 Å². The first-order valence-corrected chi connectivity index (χ1v) is 8.64. The summed E-state index contributed by atoms with van der Waals surface area (Å²) >= 11 is 3.16. The number of hydrogen-bond donors (Lipinski definition) is 1.